The van der Waals surface area contributed by atoms with Crippen LogP contribution in [-0.4, -0.2) is 26.2 Å². The minimum atomic E-state index is 0.792. The van der Waals surface area contributed by atoms with E-state index in [-0.39, 0.29) is 0 Å². The maximum absolute atomic E-state index is 12.9. The molecule has 1 aliphatic rings. The van der Waals surface area contributed by atoms with Crippen LogP contribution in [0.2, 0.25) is 0 Å². The van der Waals surface area contributed by atoms with E-state index in [0.717, 1.165) is 68.1 Å². The lowest BCUT2D eigenvalue weighted by molar-refractivity contribution is -0.599. The number of unbranched alkanes of at least 4 members (excludes halogenated alkanes) is 2. The summed E-state index contributed by atoms with van der Waals surface area (Å²) in [5.41, 5.74) is 2.00. The zero-order valence-corrected chi connectivity index (χ0v) is 17.5. The Morgan fingerprint density at radius 2 is 1.59 bits per heavy atom. The first-order valence-corrected chi connectivity index (χ1v) is 10.6. The lowest BCUT2D eigenvalue weighted by atomic mass is 10.1. The Bertz CT molecular complexity index is 600. The Morgan fingerprint density at radius 3 is 2.15 bits per heavy atom. The average molecular weight is 372 g/mol. The predicted octanol–water partition coefficient (Wildman–Crippen LogP) is 5.14. The van der Waals surface area contributed by atoms with Gasteiger partial charge < -0.3 is 10.1 Å². The van der Waals surface area contributed by atoms with E-state index in [4.69, 9.17) is 0 Å². The molecule has 1 saturated heterocycles. The second-order valence-electron chi connectivity index (χ2n) is 7.46. The van der Waals surface area contributed by atoms with E-state index < -0.39 is 0 Å². The van der Waals surface area contributed by atoms with Gasteiger partial charge in [0.1, 0.15) is 5.69 Å². The third kappa shape index (κ3) is 6.60. The van der Waals surface area contributed by atoms with Crippen LogP contribution in [0.15, 0.2) is 36.4 Å². The van der Waals surface area contributed by atoms with Gasteiger partial charge in [-0.1, -0.05) is 24.3 Å². The second kappa shape index (κ2) is 11.7. The van der Waals surface area contributed by atoms with Gasteiger partial charge in [0.25, 0.3) is 5.82 Å². The minimum absolute atomic E-state index is 0.792. The van der Waals surface area contributed by atoms with Crippen molar-refractivity contribution >= 4 is 11.5 Å². The Kier molecular flexibility index (Phi) is 9.23. The molecule has 1 fully saturated rings. The molecule has 2 rings (SSSR count). The van der Waals surface area contributed by atoms with Crippen molar-refractivity contribution in [3.05, 3.63) is 47.3 Å². The third-order valence-corrected chi connectivity index (χ3v) is 5.28. The Labute approximate surface area is 165 Å². The van der Waals surface area contributed by atoms with Gasteiger partial charge in [-0.25, -0.2) is 4.73 Å². The molecule has 0 aliphatic carbocycles. The van der Waals surface area contributed by atoms with Crippen molar-refractivity contribution in [2.24, 2.45) is 0 Å². The van der Waals surface area contributed by atoms with E-state index in [1.807, 2.05) is 6.92 Å². The first-order valence-electron chi connectivity index (χ1n) is 10.6. The fourth-order valence-electron chi connectivity index (χ4n) is 3.71. The molecule has 0 radical (unpaired) electrons. The summed E-state index contributed by atoms with van der Waals surface area (Å²) in [4.78, 5) is 4.73. The second-order valence-corrected chi connectivity index (χ2v) is 7.46. The number of nitrogens with zero attached hydrogens (tertiary/aromatic N) is 3. The van der Waals surface area contributed by atoms with Gasteiger partial charge in [-0.2, -0.15) is 0 Å². The van der Waals surface area contributed by atoms with Gasteiger partial charge in [-0.3, -0.25) is 4.90 Å². The van der Waals surface area contributed by atoms with E-state index in [2.05, 4.69) is 60.1 Å². The molecule has 0 aromatic carbocycles. The quantitative estimate of drug-likeness (QED) is 0.247. The molecular formula is C23H37N3O. The van der Waals surface area contributed by atoms with Crippen molar-refractivity contribution in [1.29, 1.82) is 0 Å². The molecule has 1 aliphatic heterocycles. The number of aromatic nitrogens is 1. The number of pyridine rings is 1. The smallest absolute Gasteiger partial charge is 0.281 e. The summed E-state index contributed by atoms with van der Waals surface area (Å²) >= 11 is 0. The average Bonchev–Trinajstić information content (AvgIpc) is 2.69. The molecule has 0 unspecified atom stereocenters. The number of piperidine rings is 1. The van der Waals surface area contributed by atoms with Crippen LogP contribution in [0.4, 0.5) is 11.5 Å². The van der Waals surface area contributed by atoms with Crippen molar-refractivity contribution in [1.82, 2.24) is 0 Å². The van der Waals surface area contributed by atoms with Crippen LogP contribution in [0.25, 0.3) is 0 Å². The zero-order valence-electron chi connectivity index (χ0n) is 17.5. The highest BCUT2D eigenvalue weighted by molar-refractivity contribution is 5.54. The van der Waals surface area contributed by atoms with E-state index in [1.165, 1.54) is 24.9 Å². The lowest BCUT2D eigenvalue weighted by Crippen LogP contribution is -2.42. The molecule has 0 N–H and O–H groups in total. The molecule has 0 amide bonds. The lowest BCUT2D eigenvalue weighted by Gasteiger charge is -2.30. The summed E-state index contributed by atoms with van der Waals surface area (Å²) in [5.74, 6) is 0.816. The van der Waals surface area contributed by atoms with Gasteiger partial charge in [0.15, 0.2) is 0 Å². The largest absolute Gasteiger partial charge is 0.710 e. The highest BCUT2D eigenvalue weighted by atomic mass is 16.5. The van der Waals surface area contributed by atoms with Crippen LogP contribution in [0.3, 0.4) is 0 Å². The fourth-order valence-corrected chi connectivity index (χ4v) is 3.71. The predicted molar refractivity (Wildman–Crippen MR) is 117 cm³/mol. The van der Waals surface area contributed by atoms with E-state index in [9.17, 15) is 5.21 Å². The third-order valence-electron chi connectivity index (χ3n) is 5.28. The molecule has 150 valence electrons. The Balaban J connectivity index is 2.20. The van der Waals surface area contributed by atoms with Crippen LogP contribution >= 0.6 is 0 Å². The van der Waals surface area contributed by atoms with Crippen molar-refractivity contribution in [3.63, 3.8) is 0 Å². The SMILES string of the molecule is C/C=C/CCCN(CCC/C=C/C)c1cc(N2CCCCC2)cc(C)[n+]1[O-]. The van der Waals surface area contributed by atoms with Crippen molar-refractivity contribution in [2.45, 2.75) is 65.7 Å². The van der Waals surface area contributed by atoms with Crippen molar-refractivity contribution in [3.8, 4) is 0 Å². The number of rotatable bonds is 10. The summed E-state index contributed by atoms with van der Waals surface area (Å²) in [6, 6.07) is 4.18. The van der Waals surface area contributed by atoms with Crippen molar-refractivity contribution < 1.29 is 4.73 Å². The summed E-state index contributed by atoms with van der Waals surface area (Å²) < 4.78 is 1.12. The van der Waals surface area contributed by atoms with Gasteiger partial charge in [0.05, 0.1) is 19.2 Å². The number of allylic oxidation sites excluding steroid dienone is 4. The normalized spacial score (nSPS) is 15.1. The maximum Gasteiger partial charge on any atom is 0.281 e. The van der Waals surface area contributed by atoms with E-state index in [0.29, 0.717) is 0 Å². The molecule has 4 heteroatoms. The zero-order chi connectivity index (χ0) is 19.5. The number of aryl methyl sites for hydroxylation is 1. The highest BCUT2D eigenvalue weighted by Crippen LogP contribution is 2.24. The van der Waals surface area contributed by atoms with Crippen LogP contribution in [0.5, 0.6) is 0 Å². The summed E-state index contributed by atoms with van der Waals surface area (Å²) in [5, 5.41) is 12.9. The maximum atomic E-state index is 12.9. The van der Waals surface area contributed by atoms with E-state index >= 15 is 0 Å². The molecule has 0 bridgehead atoms. The monoisotopic (exact) mass is 371 g/mol. The van der Waals surface area contributed by atoms with Gasteiger partial charge >= 0.3 is 0 Å². The Morgan fingerprint density at radius 1 is 1.00 bits per heavy atom. The van der Waals surface area contributed by atoms with Gasteiger partial charge in [0, 0.05) is 24.8 Å². The molecule has 1 aromatic rings. The summed E-state index contributed by atoms with van der Waals surface area (Å²) in [6.45, 7) is 10.1. The van der Waals surface area contributed by atoms with Crippen LogP contribution in [-0.2, 0) is 0 Å². The molecular weight excluding hydrogens is 334 g/mol. The molecule has 2 heterocycles. The fraction of sp³-hybridized carbons (Fsp3) is 0.609. The van der Waals surface area contributed by atoms with Crippen molar-refractivity contribution in [2.75, 3.05) is 36.0 Å². The van der Waals surface area contributed by atoms with Crippen LogP contribution in [0, 0.1) is 12.1 Å². The molecule has 27 heavy (non-hydrogen) atoms. The van der Waals surface area contributed by atoms with Crippen LogP contribution < -0.4 is 14.5 Å². The highest BCUT2D eigenvalue weighted by Gasteiger charge is 2.21. The molecule has 0 saturated carbocycles. The first kappa shape index (κ1) is 21.3. The number of anilines is 2. The number of hydrogen-bond acceptors (Lipinski definition) is 3. The summed E-state index contributed by atoms with van der Waals surface area (Å²) in [6.07, 6.45) is 16.7. The molecule has 1 aromatic heterocycles. The van der Waals surface area contributed by atoms with Gasteiger partial charge in [-0.15, -0.1) is 0 Å². The topological polar surface area (TPSA) is 33.4 Å². The first-order chi connectivity index (χ1) is 13.2. The van der Waals surface area contributed by atoms with E-state index in [1.54, 1.807) is 0 Å². The number of hydrogen-bond donors (Lipinski definition) is 0. The minimum Gasteiger partial charge on any atom is -0.710 e. The van der Waals surface area contributed by atoms with Gasteiger partial charge in [0.2, 0.25) is 0 Å². The van der Waals surface area contributed by atoms with Crippen LogP contribution in [0.1, 0.15) is 64.5 Å². The van der Waals surface area contributed by atoms with Gasteiger partial charge in [-0.05, 0) is 65.7 Å². The molecule has 0 spiro atoms. The standard InChI is InChI=1S/C23H37N3O/c1-4-6-8-11-17-25(18-12-9-7-5-2)23-20-22(19-21(3)26(23)27)24-15-13-10-14-16-24/h4-7,19-20H,8-18H2,1-3H3/b6-4+,7-5+. The molecule has 4 nitrogen and oxygen atoms in total. The molecule has 0 atom stereocenters. The Hall–Kier alpha value is -1.97. The summed E-state index contributed by atoms with van der Waals surface area (Å²) in [7, 11) is 0.